The van der Waals surface area contributed by atoms with Gasteiger partial charge in [0.25, 0.3) is 0 Å². The maximum atomic E-state index is 3.69. The lowest BCUT2D eigenvalue weighted by Crippen LogP contribution is -2.61. The molecule has 1 heterocycles. The smallest absolute Gasteiger partial charge is 0.0277 e. The highest BCUT2D eigenvalue weighted by Crippen LogP contribution is 2.20. The zero-order valence-electron chi connectivity index (χ0n) is 13.5. The van der Waals surface area contributed by atoms with Crippen LogP contribution in [0.3, 0.4) is 0 Å². The summed E-state index contributed by atoms with van der Waals surface area (Å²) in [5.41, 5.74) is 0.559. The molecule has 18 heavy (non-hydrogen) atoms. The van der Waals surface area contributed by atoms with Gasteiger partial charge in [0, 0.05) is 43.3 Å². The van der Waals surface area contributed by atoms with Crippen LogP contribution in [0.1, 0.15) is 48.0 Å². The van der Waals surface area contributed by atoms with Crippen molar-refractivity contribution in [2.75, 3.05) is 33.2 Å². The van der Waals surface area contributed by atoms with Crippen LogP contribution in [0.15, 0.2) is 0 Å². The normalized spacial score (nSPS) is 24.2. The Morgan fingerprint density at radius 2 is 1.89 bits per heavy atom. The van der Waals surface area contributed by atoms with E-state index in [0.29, 0.717) is 11.6 Å². The van der Waals surface area contributed by atoms with Gasteiger partial charge in [-0.25, -0.2) is 0 Å². The molecule has 0 amide bonds. The van der Waals surface area contributed by atoms with Gasteiger partial charge in [0.1, 0.15) is 0 Å². The Labute approximate surface area is 114 Å². The molecule has 0 aromatic rings. The largest absolute Gasteiger partial charge is 0.310 e. The van der Waals surface area contributed by atoms with Crippen LogP contribution >= 0.6 is 0 Å². The fourth-order valence-electron chi connectivity index (χ4n) is 2.33. The van der Waals surface area contributed by atoms with Gasteiger partial charge in [0.05, 0.1) is 0 Å². The monoisotopic (exact) mass is 255 g/mol. The average molecular weight is 255 g/mol. The topological polar surface area (TPSA) is 18.5 Å². The number of piperazine rings is 1. The first kappa shape index (κ1) is 15.9. The summed E-state index contributed by atoms with van der Waals surface area (Å²) in [6, 6.07) is 0.615. The van der Waals surface area contributed by atoms with Crippen LogP contribution in [0.4, 0.5) is 0 Å². The van der Waals surface area contributed by atoms with E-state index >= 15 is 0 Å². The molecule has 0 bridgehead atoms. The third-order valence-electron chi connectivity index (χ3n) is 4.73. The molecule has 1 aliphatic heterocycles. The molecule has 1 atom stereocenters. The van der Waals surface area contributed by atoms with Gasteiger partial charge in [-0.3, -0.25) is 9.80 Å². The van der Waals surface area contributed by atoms with E-state index in [4.69, 9.17) is 0 Å². The minimum absolute atomic E-state index is 0.260. The second-order valence-corrected chi connectivity index (χ2v) is 7.17. The lowest BCUT2D eigenvalue weighted by molar-refractivity contribution is 0.0194. The second kappa shape index (κ2) is 5.89. The van der Waals surface area contributed by atoms with Gasteiger partial charge in [0.2, 0.25) is 0 Å². The summed E-state index contributed by atoms with van der Waals surface area (Å²) in [7, 11) is 2.24. The molecule has 1 fully saturated rings. The fourth-order valence-corrected chi connectivity index (χ4v) is 2.33. The summed E-state index contributed by atoms with van der Waals surface area (Å²) < 4.78 is 0. The molecule has 0 radical (unpaired) electrons. The SMILES string of the molecule is CCC(C)(C)NCC(C)N1CCN(C)C(C)(C)C1. The van der Waals surface area contributed by atoms with E-state index in [1.807, 2.05) is 0 Å². The van der Waals surface area contributed by atoms with E-state index < -0.39 is 0 Å². The Hall–Kier alpha value is -0.120. The third kappa shape index (κ3) is 4.22. The highest BCUT2D eigenvalue weighted by molar-refractivity contribution is 4.91. The Morgan fingerprint density at radius 1 is 1.28 bits per heavy atom. The Kier molecular flexibility index (Phi) is 5.22. The van der Waals surface area contributed by atoms with E-state index in [-0.39, 0.29) is 5.54 Å². The first-order chi connectivity index (χ1) is 8.18. The number of hydrogen-bond acceptors (Lipinski definition) is 3. The summed E-state index contributed by atoms with van der Waals surface area (Å²) in [6.07, 6.45) is 1.17. The van der Waals surface area contributed by atoms with Crippen molar-refractivity contribution in [1.29, 1.82) is 0 Å². The maximum absolute atomic E-state index is 3.69. The molecule has 0 spiro atoms. The maximum Gasteiger partial charge on any atom is 0.0277 e. The molecular weight excluding hydrogens is 222 g/mol. The van der Waals surface area contributed by atoms with Gasteiger partial charge in [-0.05, 0) is 48.1 Å². The van der Waals surface area contributed by atoms with Crippen molar-refractivity contribution in [1.82, 2.24) is 15.1 Å². The van der Waals surface area contributed by atoms with E-state index in [2.05, 4.69) is 63.7 Å². The van der Waals surface area contributed by atoms with Gasteiger partial charge in [-0.1, -0.05) is 6.92 Å². The van der Waals surface area contributed by atoms with Crippen LogP contribution in [0.2, 0.25) is 0 Å². The molecule has 0 saturated carbocycles. The molecule has 1 unspecified atom stereocenters. The highest BCUT2D eigenvalue weighted by atomic mass is 15.3. The van der Waals surface area contributed by atoms with Crippen molar-refractivity contribution < 1.29 is 0 Å². The molecule has 108 valence electrons. The van der Waals surface area contributed by atoms with Crippen molar-refractivity contribution in [3.63, 3.8) is 0 Å². The molecule has 0 aliphatic carbocycles. The summed E-state index contributed by atoms with van der Waals surface area (Å²) >= 11 is 0. The molecule has 3 nitrogen and oxygen atoms in total. The van der Waals surface area contributed by atoms with Crippen LogP contribution in [-0.4, -0.2) is 60.1 Å². The fraction of sp³-hybridized carbons (Fsp3) is 1.00. The number of likely N-dealkylation sites (N-methyl/N-ethyl adjacent to an activating group) is 1. The van der Waals surface area contributed by atoms with Crippen LogP contribution in [0, 0.1) is 0 Å². The molecular formula is C15H33N3. The summed E-state index contributed by atoms with van der Waals surface area (Å²) in [5.74, 6) is 0. The quantitative estimate of drug-likeness (QED) is 0.812. The molecule has 0 aromatic heterocycles. The summed E-state index contributed by atoms with van der Waals surface area (Å²) in [4.78, 5) is 5.10. The van der Waals surface area contributed by atoms with Crippen molar-refractivity contribution in [2.45, 2.75) is 65.1 Å². The molecule has 3 heteroatoms. The zero-order chi connectivity index (χ0) is 14.0. The van der Waals surface area contributed by atoms with E-state index in [1.165, 1.54) is 26.1 Å². The molecule has 1 N–H and O–H groups in total. The minimum Gasteiger partial charge on any atom is -0.310 e. The highest BCUT2D eigenvalue weighted by Gasteiger charge is 2.33. The average Bonchev–Trinajstić information content (AvgIpc) is 2.29. The lowest BCUT2D eigenvalue weighted by atomic mass is 9.98. The van der Waals surface area contributed by atoms with Gasteiger partial charge in [-0.15, -0.1) is 0 Å². The number of nitrogens with one attached hydrogen (secondary N) is 1. The van der Waals surface area contributed by atoms with Crippen molar-refractivity contribution in [3.8, 4) is 0 Å². The van der Waals surface area contributed by atoms with Crippen LogP contribution < -0.4 is 5.32 Å². The van der Waals surface area contributed by atoms with E-state index in [1.54, 1.807) is 0 Å². The zero-order valence-corrected chi connectivity index (χ0v) is 13.5. The van der Waals surface area contributed by atoms with Gasteiger partial charge >= 0.3 is 0 Å². The van der Waals surface area contributed by atoms with Crippen LogP contribution in [0.5, 0.6) is 0 Å². The molecule has 1 saturated heterocycles. The summed E-state index contributed by atoms with van der Waals surface area (Å²) in [6.45, 7) is 18.5. The predicted molar refractivity (Wildman–Crippen MR) is 80.1 cm³/mol. The van der Waals surface area contributed by atoms with Gasteiger partial charge in [0.15, 0.2) is 0 Å². The van der Waals surface area contributed by atoms with Crippen LogP contribution in [0.25, 0.3) is 0 Å². The Morgan fingerprint density at radius 3 is 2.39 bits per heavy atom. The van der Waals surface area contributed by atoms with E-state index in [9.17, 15) is 0 Å². The second-order valence-electron chi connectivity index (χ2n) is 7.17. The first-order valence-electron chi connectivity index (χ1n) is 7.38. The van der Waals surface area contributed by atoms with E-state index in [0.717, 1.165) is 6.54 Å². The van der Waals surface area contributed by atoms with Crippen molar-refractivity contribution >= 4 is 0 Å². The molecule has 1 aliphatic rings. The number of rotatable bonds is 5. The van der Waals surface area contributed by atoms with Gasteiger partial charge < -0.3 is 5.32 Å². The predicted octanol–water partition coefficient (Wildman–Crippen LogP) is 2.18. The third-order valence-corrected chi connectivity index (χ3v) is 4.73. The van der Waals surface area contributed by atoms with Crippen molar-refractivity contribution in [3.05, 3.63) is 0 Å². The van der Waals surface area contributed by atoms with Crippen molar-refractivity contribution in [2.24, 2.45) is 0 Å². The lowest BCUT2D eigenvalue weighted by Gasteiger charge is -2.47. The summed E-state index contributed by atoms with van der Waals surface area (Å²) in [5, 5.41) is 3.69. The minimum atomic E-state index is 0.260. The number of nitrogens with zero attached hydrogens (tertiary/aromatic N) is 2. The molecule has 0 aromatic carbocycles. The first-order valence-corrected chi connectivity index (χ1v) is 7.38. The standard InChI is InChI=1S/C15H33N3/c1-8-14(3,4)16-11-13(2)18-10-9-17(7)15(5,6)12-18/h13,16H,8-12H2,1-7H3. The Balaban J connectivity index is 2.46. The van der Waals surface area contributed by atoms with Crippen LogP contribution in [-0.2, 0) is 0 Å². The molecule has 1 rings (SSSR count). The van der Waals surface area contributed by atoms with Gasteiger partial charge in [-0.2, -0.15) is 0 Å². The Bertz CT molecular complexity index is 260. The number of hydrogen-bond donors (Lipinski definition) is 1.